The first-order chi connectivity index (χ1) is 11.7. The number of hydrogen-bond acceptors (Lipinski definition) is 5. The highest BCUT2D eigenvalue weighted by molar-refractivity contribution is 9.10. The number of nitrogens with one attached hydrogen (secondary N) is 1. The molecular formula is C18H18BrN5. The van der Waals surface area contributed by atoms with Crippen molar-refractivity contribution in [3.8, 4) is 0 Å². The number of rotatable bonds is 5. The Bertz CT molecular complexity index is 823. The predicted molar refractivity (Wildman–Crippen MR) is 101 cm³/mol. The zero-order valence-electron chi connectivity index (χ0n) is 13.6. The maximum absolute atomic E-state index is 4.60. The van der Waals surface area contributed by atoms with Crippen molar-refractivity contribution in [2.45, 2.75) is 13.8 Å². The third-order valence-electron chi connectivity index (χ3n) is 3.58. The molecule has 1 aromatic heterocycles. The molecule has 122 valence electrons. The fourth-order valence-electron chi connectivity index (χ4n) is 2.40. The topological polar surface area (TPSA) is 53.9 Å². The van der Waals surface area contributed by atoms with Gasteiger partial charge in [0.25, 0.3) is 0 Å². The van der Waals surface area contributed by atoms with Crippen LogP contribution in [0.4, 0.5) is 23.1 Å². The number of halogens is 1. The molecule has 0 unspecified atom stereocenters. The summed E-state index contributed by atoms with van der Waals surface area (Å²) >= 11 is 3.55. The maximum atomic E-state index is 4.60. The van der Waals surface area contributed by atoms with Crippen LogP contribution < -0.4 is 10.2 Å². The molecule has 3 aromatic rings. The summed E-state index contributed by atoms with van der Waals surface area (Å²) in [6.45, 7) is 4.92. The summed E-state index contributed by atoms with van der Waals surface area (Å²) in [5, 5.41) is 11.4. The molecule has 0 spiro atoms. The van der Waals surface area contributed by atoms with E-state index in [9.17, 15) is 0 Å². The third-order valence-corrected chi connectivity index (χ3v) is 4.23. The number of anilines is 4. The fourth-order valence-corrected chi connectivity index (χ4v) is 3.00. The quantitative estimate of drug-likeness (QED) is 0.682. The molecule has 6 heteroatoms. The summed E-state index contributed by atoms with van der Waals surface area (Å²) in [6, 6.07) is 16.2. The lowest BCUT2D eigenvalue weighted by Crippen LogP contribution is -2.18. The summed E-state index contributed by atoms with van der Waals surface area (Å²) in [7, 11) is 0. The van der Waals surface area contributed by atoms with E-state index in [-0.39, 0.29) is 0 Å². The lowest BCUT2D eigenvalue weighted by molar-refractivity contribution is 0.922. The van der Waals surface area contributed by atoms with Gasteiger partial charge in [-0.25, -0.2) is 0 Å². The van der Waals surface area contributed by atoms with E-state index < -0.39 is 0 Å². The summed E-state index contributed by atoms with van der Waals surface area (Å²) in [6.07, 6.45) is 1.67. The number of aryl methyl sites for hydroxylation is 1. The molecule has 0 saturated carbocycles. The smallest absolute Gasteiger partial charge is 0.249 e. The number of benzene rings is 2. The molecule has 0 fully saturated rings. The van der Waals surface area contributed by atoms with Gasteiger partial charge in [-0.1, -0.05) is 24.3 Å². The highest BCUT2D eigenvalue weighted by atomic mass is 79.9. The molecule has 0 bridgehead atoms. The number of nitrogens with zero attached hydrogens (tertiary/aromatic N) is 4. The van der Waals surface area contributed by atoms with Gasteiger partial charge in [0.2, 0.25) is 5.95 Å². The molecule has 1 heterocycles. The van der Waals surface area contributed by atoms with Gasteiger partial charge in [0.1, 0.15) is 0 Å². The average molecular weight is 384 g/mol. The molecule has 0 aliphatic rings. The molecule has 0 radical (unpaired) electrons. The predicted octanol–water partition coefficient (Wildman–Crippen LogP) is 4.84. The van der Waals surface area contributed by atoms with Gasteiger partial charge in [0, 0.05) is 16.7 Å². The SMILES string of the molecule is CCN(c1ccccc1)c1cnnc(Nc2ccc(C)cc2Br)n1. The number of para-hydroxylation sites is 1. The Balaban J connectivity index is 1.88. The Morgan fingerprint density at radius 1 is 1.12 bits per heavy atom. The van der Waals surface area contributed by atoms with Crippen LogP contribution in [0.25, 0.3) is 0 Å². The van der Waals surface area contributed by atoms with Gasteiger partial charge in [-0.3, -0.25) is 0 Å². The Morgan fingerprint density at radius 2 is 1.92 bits per heavy atom. The molecule has 24 heavy (non-hydrogen) atoms. The molecule has 0 aliphatic carbocycles. The molecule has 0 aliphatic heterocycles. The second kappa shape index (κ2) is 7.40. The van der Waals surface area contributed by atoms with Crippen LogP contribution in [0.5, 0.6) is 0 Å². The summed E-state index contributed by atoms with van der Waals surface area (Å²) in [4.78, 5) is 6.69. The van der Waals surface area contributed by atoms with Gasteiger partial charge in [0.05, 0.1) is 11.9 Å². The highest BCUT2D eigenvalue weighted by Gasteiger charge is 2.11. The van der Waals surface area contributed by atoms with Crippen molar-refractivity contribution in [2.75, 3.05) is 16.8 Å². The Morgan fingerprint density at radius 3 is 2.62 bits per heavy atom. The fraction of sp³-hybridized carbons (Fsp3) is 0.167. The lowest BCUT2D eigenvalue weighted by Gasteiger charge is -2.21. The molecule has 3 rings (SSSR count). The minimum absolute atomic E-state index is 0.464. The summed E-state index contributed by atoms with van der Waals surface area (Å²) in [5.74, 6) is 1.22. The minimum atomic E-state index is 0.464. The van der Waals surface area contributed by atoms with Gasteiger partial charge in [-0.2, -0.15) is 10.1 Å². The van der Waals surface area contributed by atoms with Crippen molar-refractivity contribution in [2.24, 2.45) is 0 Å². The first kappa shape index (κ1) is 16.4. The van der Waals surface area contributed by atoms with Crippen LogP contribution in [0.1, 0.15) is 12.5 Å². The van der Waals surface area contributed by atoms with E-state index >= 15 is 0 Å². The third kappa shape index (κ3) is 3.71. The van der Waals surface area contributed by atoms with Gasteiger partial charge < -0.3 is 10.2 Å². The van der Waals surface area contributed by atoms with Crippen molar-refractivity contribution in [3.05, 3.63) is 64.8 Å². The van der Waals surface area contributed by atoms with Gasteiger partial charge in [0.15, 0.2) is 5.82 Å². The molecule has 2 aromatic carbocycles. The second-order valence-corrected chi connectivity index (χ2v) is 6.18. The van der Waals surface area contributed by atoms with Crippen molar-refractivity contribution < 1.29 is 0 Å². The molecule has 0 atom stereocenters. The molecular weight excluding hydrogens is 366 g/mol. The maximum Gasteiger partial charge on any atom is 0.249 e. The molecule has 0 saturated heterocycles. The second-order valence-electron chi connectivity index (χ2n) is 5.33. The number of aromatic nitrogens is 3. The van der Waals surface area contributed by atoms with E-state index in [1.807, 2.05) is 43.3 Å². The number of hydrogen-bond donors (Lipinski definition) is 1. The highest BCUT2D eigenvalue weighted by Crippen LogP contribution is 2.27. The molecule has 5 nitrogen and oxygen atoms in total. The van der Waals surface area contributed by atoms with Crippen molar-refractivity contribution in [1.82, 2.24) is 15.2 Å². The first-order valence-electron chi connectivity index (χ1n) is 7.73. The van der Waals surface area contributed by atoms with Crippen molar-refractivity contribution in [3.63, 3.8) is 0 Å². The first-order valence-corrected chi connectivity index (χ1v) is 8.52. The Hall–Kier alpha value is -2.47. The zero-order valence-corrected chi connectivity index (χ0v) is 15.2. The zero-order chi connectivity index (χ0) is 16.9. The van der Waals surface area contributed by atoms with Crippen LogP contribution in [0.3, 0.4) is 0 Å². The lowest BCUT2D eigenvalue weighted by atomic mass is 10.2. The van der Waals surface area contributed by atoms with Crippen LogP contribution in [-0.4, -0.2) is 21.7 Å². The van der Waals surface area contributed by atoms with Gasteiger partial charge in [-0.15, -0.1) is 5.10 Å². The van der Waals surface area contributed by atoms with E-state index in [1.54, 1.807) is 6.20 Å². The van der Waals surface area contributed by atoms with Crippen LogP contribution in [0.2, 0.25) is 0 Å². The monoisotopic (exact) mass is 383 g/mol. The molecule has 0 amide bonds. The summed E-state index contributed by atoms with van der Waals surface area (Å²) in [5.41, 5.74) is 3.16. The van der Waals surface area contributed by atoms with E-state index in [0.29, 0.717) is 5.95 Å². The van der Waals surface area contributed by atoms with Crippen LogP contribution in [-0.2, 0) is 0 Å². The van der Waals surface area contributed by atoms with Gasteiger partial charge in [-0.05, 0) is 59.6 Å². The van der Waals surface area contributed by atoms with E-state index in [0.717, 1.165) is 28.2 Å². The van der Waals surface area contributed by atoms with E-state index in [2.05, 4.69) is 60.4 Å². The molecule has 1 N–H and O–H groups in total. The van der Waals surface area contributed by atoms with Crippen LogP contribution in [0, 0.1) is 6.92 Å². The van der Waals surface area contributed by atoms with Crippen molar-refractivity contribution in [1.29, 1.82) is 0 Å². The Labute approximate surface area is 149 Å². The van der Waals surface area contributed by atoms with Crippen molar-refractivity contribution >= 4 is 39.1 Å². The normalized spacial score (nSPS) is 10.5. The minimum Gasteiger partial charge on any atom is -0.325 e. The largest absolute Gasteiger partial charge is 0.325 e. The summed E-state index contributed by atoms with van der Waals surface area (Å²) < 4.78 is 0.965. The Kier molecular flexibility index (Phi) is 5.05. The average Bonchev–Trinajstić information content (AvgIpc) is 2.60. The van der Waals surface area contributed by atoms with Crippen LogP contribution in [0.15, 0.2) is 59.2 Å². The van der Waals surface area contributed by atoms with Crippen LogP contribution >= 0.6 is 15.9 Å². The standard InChI is InChI=1S/C18H18BrN5/c1-3-24(14-7-5-4-6-8-14)17-12-20-23-18(22-17)21-16-10-9-13(2)11-15(16)19/h4-12H,3H2,1-2H3,(H,21,22,23). The van der Waals surface area contributed by atoms with Gasteiger partial charge >= 0.3 is 0 Å². The van der Waals surface area contributed by atoms with E-state index in [1.165, 1.54) is 5.56 Å². The van der Waals surface area contributed by atoms with E-state index in [4.69, 9.17) is 0 Å².